The van der Waals surface area contributed by atoms with Crippen molar-refractivity contribution < 1.29 is 19.2 Å². The highest BCUT2D eigenvalue weighted by molar-refractivity contribution is 6.30. The molecular weight excluding hydrogens is 554 g/mol. The van der Waals surface area contributed by atoms with Gasteiger partial charge in [0.05, 0.1) is 11.1 Å². The van der Waals surface area contributed by atoms with E-state index in [9.17, 15) is 19.2 Å². The number of piperazine rings is 1. The quantitative estimate of drug-likeness (QED) is 0.403. The minimum absolute atomic E-state index is 0.0867. The third-order valence-electron chi connectivity index (χ3n) is 8.32. The molecule has 10 heteroatoms. The van der Waals surface area contributed by atoms with Crippen molar-refractivity contribution in [1.29, 1.82) is 0 Å². The van der Waals surface area contributed by atoms with Gasteiger partial charge in [0.25, 0.3) is 11.8 Å². The van der Waals surface area contributed by atoms with Crippen molar-refractivity contribution in [1.82, 2.24) is 15.1 Å². The molecular formula is C32H32ClN5O4. The first-order valence-electron chi connectivity index (χ1n) is 14.2. The Morgan fingerprint density at radius 1 is 0.905 bits per heavy atom. The first-order chi connectivity index (χ1) is 20.3. The number of nitrogens with one attached hydrogen (secondary N) is 2. The Bertz CT molecular complexity index is 1540. The molecule has 3 aromatic carbocycles. The number of benzene rings is 3. The van der Waals surface area contributed by atoms with Gasteiger partial charge in [-0.2, -0.15) is 0 Å². The van der Waals surface area contributed by atoms with Crippen LogP contribution in [-0.4, -0.2) is 65.1 Å². The predicted octanol–water partition coefficient (Wildman–Crippen LogP) is 4.06. The number of nitrogens with zero attached hydrogens (tertiary/aromatic N) is 3. The maximum Gasteiger partial charge on any atom is 0.264 e. The van der Waals surface area contributed by atoms with Gasteiger partial charge in [-0.05, 0) is 60.9 Å². The summed E-state index contributed by atoms with van der Waals surface area (Å²) < 4.78 is 0. The summed E-state index contributed by atoms with van der Waals surface area (Å²) in [7, 11) is 0. The van der Waals surface area contributed by atoms with E-state index in [1.54, 1.807) is 18.2 Å². The number of fused-ring (bicyclic) bond motifs is 1. The highest BCUT2D eigenvalue weighted by atomic mass is 35.5. The number of halogens is 1. The van der Waals surface area contributed by atoms with E-state index in [1.165, 1.54) is 11.3 Å². The van der Waals surface area contributed by atoms with Gasteiger partial charge < -0.3 is 10.2 Å². The predicted molar refractivity (Wildman–Crippen MR) is 160 cm³/mol. The van der Waals surface area contributed by atoms with Gasteiger partial charge in [-0.15, -0.1) is 0 Å². The minimum Gasteiger partial charge on any atom is -0.380 e. The molecule has 0 aliphatic carbocycles. The lowest BCUT2D eigenvalue weighted by molar-refractivity contribution is -0.136. The number of imide groups is 2. The van der Waals surface area contributed by atoms with Crippen LogP contribution in [0.1, 0.15) is 51.6 Å². The van der Waals surface area contributed by atoms with Gasteiger partial charge in [0.1, 0.15) is 6.04 Å². The van der Waals surface area contributed by atoms with Gasteiger partial charge in [0.2, 0.25) is 11.8 Å². The molecule has 2 N–H and O–H groups in total. The maximum atomic E-state index is 13.3. The van der Waals surface area contributed by atoms with Crippen LogP contribution in [0.3, 0.4) is 0 Å². The number of carbonyl (C=O) groups excluding carboxylic acids is 4. The number of hydrogen-bond donors (Lipinski definition) is 2. The lowest BCUT2D eigenvalue weighted by Gasteiger charge is -2.41. The second-order valence-corrected chi connectivity index (χ2v) is 11.5. The lowest BCUT2D eigenvalue weighted by Crippen LogP contribution is -2.54. The fourth-order valence-corrected chi connectivity index (χ4v) is 6.10. The van der Waals surface area contributed by atoms with Crippen LogP contribution in [0.15, 0.2) is 66.7 Å². The van der Waals surface area contributed by atoms with Crippen molar-refractivity contribution in [2.24, 2.45) is 0 Å². The molecule has 0 saturated carbocycles. The molecule has 3 aromatic rings. The Kier molecular flexibility index (Phi) is 7.70. The first-order valence-corrected chi connectivity index (χ1v) is 14.6. The van der Waals surface area contributed by atoms with E-state index in [2.05, 4.69) is 63.8 Å². The van der Waals surface area contributed by atoms with Crippen molar-refractivity contribution >= 4 is 46.6 Å². The largest absolute Gasteiger partial charge is 0.380 e. The molecule has 0 aromatic heterocycles. The Morgan fingerprint density at radius 2 is 1.64 bits per heavy atom. The first kappa shape index (κ1) is 27.9. The molecule has 216 valence electrons. The zero-order valence-corrected chi connectivity index (χ0v) is 24.1. The zero-order chi connectivity index (χ0) is 29.4. The van der Waals surface area contributed by atoms with Gasteiger partial charge in [0.15, 0.2) is 0 Å². The monoisotopic (exact) mass is 585 g/mol. The van der Waals surface area contributed by atoms with Crippen molar-refractivity contribution in [3.63, 3.8) is 0 Å². The SMILES string of the molecule is C[C@@H]1CN(c2ccc(Cl)cc2)CCN1Cc1ccc(CNc2cccc3c2C(=O)N(C2CCC(=O)NC2=O)C3=O)cc1. The van der Waals surface area contributed by atoms with Gasteiger partial charge in [-0.1, -0.05) is 41.9 Å². The van der Waals surface area contributed by atoms with Gasteiger partial charge in [-0.3, -0.25) is 34.3 Å². The van der Waals surface area contributed by atoms with E-state index >= 15 is 0 Å². The summed E-state index contributed by atoms with van der Waals surface area (Å²) in [6.45, 7) is 6.46. The molecule has 3 aliphatic heterocycles. The normalized spacial score (nSPS) is 21.0. The molecule has 0 radical (unpaired) electrons. The Hall–Kier alpha value is -4.21. The summed E-state index contributed by atoms with van der Waals surface area (Å²) in [6, 6.07) is 20.9. The van der Waals surface area contributed by atoms with E-state index in [0.29, 0.717) is 18.3 Å². The summed E-state index contributed by atoms with van der Waals surface area (Å²) in [5.74, 6) is -2.05. The highest BCUT2D eigenvalue weighted by Crippen LogP contribution is 2.32. The number of rotatable bonds is 7. The number of carbonyl (C=O) groups is 4. The van der Waals surface area contributed by atoms with E-state index < -0.39 is 29.7 Å². The van der Waals surface area contributed by atoms with Gasteiger partial charge in [0, 0.05) is 61.6 Å². The Morgan fingerprint density at radius 3 is 2.36 bits per heavy atom. The molecule has 0 spiro atoms. The molecule has 2 saturated heterocycles. The molecule has 3 aliphatic rings. The van der Waals surface area contributed by atoms with Crippen LogP contribution in [0.4, 0.5) is 11.4 Å². The second-order valence-electron chi connectivity index (χ2n) is 11.1. The van der Waals surface area contributed by atoms with Crippen LogP contribution in [0.2, 0.25) is 5.02 Å². The Balaban J connectivity index is 1.07. The lowest BCUT2D eigenvalue weighted by atomic mass is 10.0. The van der Waals surface area contributed by atoms with Crippen LogP contribution in [0.25, 0.3) is 0 Å². The van der Waals surface area contributed by atoms with Crippen LogP contribution < -0.4 is 15.5 Å². The van der Waals surface area contributed by atoms with Crippen molar-refractivity contribution in [3.05, 3.63) is 94.0 Å². The van der Waals surface area contributed by atoms with E-state index in [1.807, 2.05) is 12.1 Å². The second kappa shape index (κ2) is 11.6. The van der Waals surface area contributed by atoms with E-state index in [-0.39, 0.29) is 24.0 Å². The third kappa shape index (κ3) is 5.49. The number of anilines is 2. The number of piperidine rings is 1. The summed E-state index contributed by atoms with van der Waals surface area (Å²) in [4.78, 5) is 56.2. The number of hydrogen-bond acceptors (Lipinski definition) is 7. The smallest absolute Gasteiger partial charge is 0.264 e. The molecule has 1 unspecified atom stereocenters. The minimum atomic E-state index is -0.987. The van der Waals surface area contributed by atoms with Gasteiger partial charge >= 0.3 is 0 Å². The Labute approximate surface area is 249 Å². The summed E-state index contributed by atoms with van der Waals surface area (Å²) in [5.41, 5.74) is 4.52. The molecule has 42 heavy (non-hydrogen) atoms. The van der Waals surface area contributed by atoms with Crippen LogP contribution in [-0.2, 0) is 22.7 Å². The van der Waals surface area contributed by atoms with Crippen LogP contribution in [0, 0.1) is 0 Å². The molecule has 2 fully saturated rings. The van der Waals surface area contributed by atoms with Gasteiger partial charge in [-0.25, -0.2) is 0 Å². The molecule has 4 amide bonds. The van der Waals surface area contributed by atoms with Crippen LogP contribution in [0.5, 0.6) is 0 Å². The highest BCUT2D eigenvalue weighted by Gasteiger charge is 2.45. The average Bonchev–Trinajstić information content (AvgIpc) is 3.24. The topological polar surface area (TPSA) is 102 Å². The molecule has 3 heterocycles. The molecule has 6 rings (SSSR count). The van der Waals surface area contributed by atoms with Crippen molar-refractivity contribution in [3.8, 4) is 0 Å². The standard InChI is InChI=1S/C32H32ClN5O4/c1-20-18-37(24-11-9-23(33)10-12-24)16-15-36(20)19-22-7-5-21(6-8-22)17-34-26-4-2-3-25-29(26)32(42)38(31(25)41)27-13-14-28(39)35-30(27)40/h2-12,20,27,34H,13-19H2,1H3,(H,35,39,40)/t20-,27?/m1/s1. The van der Waals surface area contributed by atoms with Crippen LogP contribution >= 0.6 is 11.6 Å². The number of amides is 4. The third-order valence-corrected chi connectivity index (χ3v) is 8.57. The molecule has 9 nitrogen and oxygen atoms in total. The van der Waals surface area contributed by atoms with E-state index in [4.69, 9.17) is 11.6 Å². The summed E-state index contributed by atoms with van der Waals surface area (Å²) in [6.07, 6.45) is 0.214. The summed E-state index contributed by atoms with van der Waals surface area (Å²) >= 11 is 6.05. The van der Waals surface area contributed by atoms with Crippen molar-refractivity contribution in [2.45, 2.75) is 44.9 Å². The zero-order valence-electron chi connectivity index (χ0n) is 23.3. The molecule has 2 atom stereocenters. The van der Waals surface area contributed by atoms with Crippen molar-refractivity contribution in [2.75, 3.05) is 29.9 Å². The molecule has 0 bridgehead atoms. The van der Waals surface area contributed by atoms with E-state index in [0.717, 1.165) is 41.7 Å². The fourth-order valence-electron chi connectivity index (χ4n) is 5.97. The average molecular weight is 586 g/mol. The maximum absolute atomic E-state index is 13.3. The summed E-state index contributed by atoms with van der Waals surface area (Å²) in [5, 5.41) is 6.28. The fraction of sp³-hybridized carbons (Fsp3) is 0.312.